The molecule has 0 aliphatic carbocycles. The number of nitrogens with two attached hydrogens (primary N) is 1. The highest BCUT2D eigenvalue weighted by Crippen LogP contribution is 2.02. The van der Waals surface area contributed by atoms with E-state index in [1.165, 1.54) is 0 Å². The highest BCUT2D eigenvalue weighted by atomic mass is 35.5. The van der Waals surface area contributed by atoms with Crippen LogP contribution in [0.5, 0.6) is 0 Å². The summed E-state index contributed by atoms with van der Waals surface area (Å²) in [6.07, 6.45) is 0. The fourth-order valence-corrected chi connectivity index (χ4v) is 1.08. The van der Waals surface area contributed by atoms with Crippen LogP contribution in [0, 0.1) is 5.92 Å². The van der Waals surface area contributed by atoms with Crippen molar-refractivity contribution in [3.05, 3.63) is 0 Å². The van der Waals surface area contributed by atoms with Crippen molar-refractivity contribution in [1.29, 1.82) is 0 Å². The quantitative estimate of drug-likeness (QED) is 0.639. The minimum Gasteiger partial charge on any atom is -0.399 e. The predicted octanol–water partition coefficient (Wildman–Crippen LogP) is 0.0105. The second kappa shape index (κ2) is 7.61. The summed E-state index contributed by atoms with van der Waals surface area (Å²) in [6, 6.07) is 0. The highest BCUT2D eigenvalue weighted by Gasteiger charge is 2.20. The van der Waals surface area contributed by atoms with Crippen LogP contribution < -0.4 is 11.1 Å². The van der Waals surface area contributed by atoms with Crippen LogP contribution in [0.1, 0.15) is 0 Å². The van der Waals surface area contributed by atoms with Crippen LogP contribution in [0.15, 0.2) is 5.16 Å². The van der Waals surface area contributed by atoms with Gasteiger partial charge < -0.3 is 15.9 Å². The molecule has 1 heterocycles. The fourth-order valence-electron chi connectivity index (χ4n) is 1.08. The zero-order valence-corrected chi connectivity index (χ0v) is 8.58. The molecule has 0 aromatic carbocycles. The van der Waals surface area contributed by atoms with Gasteiger partial charge in [0.25, 0.3) is 0 Å². The van der Waals surface area contributed by atoms with Gasteiger partial charge in [-0.25, -0.2) is 0 Å². The lowest BCUT2D eigenvalue weighted by atomic mass is 10.1. The van der Waals surface area contributed by atoms with Gasteiger partial charge in [0.2, 0.25) is 0 Å². The molecule has 0 aromatic rings. The molecule has 1 unspecified atom stereocenters. The first kappa shape index (κ1) is 14.5. The molecule has 1 rings (SSSR count). The maximum atomic E-state index is 5.48. The zero-order valence-electron chi connectivity index (χ0n) is 6.95. The van der Waals surface area contributed by atoms with Crippen molar-refractivity contribution in [3.63, 3.8) is 0 Å². The van der Waals surface area contributed by atoms with E-state index in [0.29, 0.717) is 12.5 Å². The van der Waals surface area contributed by atoms with Crippen molar-refractivity contribution in [2.45, 2.75) is 0 Å². The fraction of sp³-hybridized carbons (Fsp3) is 0.833. The lowest BCUT2D eigenvalue weighted by molar-refractivity contribution is 0.211. The summed E-state index contributed by atoms with van der Waals surface area (Å²) < 4.78 is 0. The van der Waals surface area contributed by atoms with Gasteiger partial charge in [0.05, 0.1) is 5.71 Å². The molecule has 3 N–H and O–H groups in total. The average Bonchev–Trinajstić information content (AvgIpc) is 2.36. The highest BCUT2D eigenvalue weighted by molar-refractivity contribution is 5.90. The Labute approximate surface area is 84.7 Å². The third kappa shape index (κ3) is 3.58. The first-order valence-electron chi connectivity index (χ1n) is 3.39. The SMILES string of the molecule is CO/N=C1/CNCC1CN.Cl.Cl. The van der Waals surface area contributed by atoms with Crippen molar-refractivity contribution in [2.75, 3.05) is 26.7 Å². The summed E-state index contributed by atoms with van der Waals surface area (Å²) in [6.45, 7) is 2.39. The van der Waals surface area contributed by atoms with Gasteiger partial charge in [0.15, 0.2) is 0 Å². The summed E-state index contributed by atoms with van der Waals surface area (Å²) in [4.78, 5) is 4.65. The number of hydrogen-bond acceptors (Lipinski definition) is 4. The Morgan fingerprint density at radius 1 is 1.67 bits per heavy atom. The van der Waals surface area contributed by atoms with Crippen LogP contribution in [0.25, 0.3) is 0 Å². The average molecular weight is 216 g/mol. The van der Waals surface area contributed by atoms with Crippen molar-refractivity contribution in [3.8, 4) is 0 Å². The molecule has 0 saturated carbocycles. The molecule has 0 spiro atoms. The number of nitrogens with one attached hydrogen (secondary N) is 1. The topological polar surface area (TPSA) is 59.6 Å². The number of oxime groups is 1. The van der Waals surface area contributed by atoms with E-state index in [9.17, 15) is 0 Å². The standard InChI is InChI=1S/C6H13N3O.2ClH/c1-10-9-6-4-8-3-5(6)2-7;;/h5,8H,2-4,7H2,1H3;2*1H/b9-6-;;. The Bertz CT molecular complexity index is 143. The third-order valence-corrected chi connectivity index (χ3v) is 1.66. The predicted molar refractivity (Wildman–Crippen MR) is 54.4 cm³/mol. The molecule has 0 radical (unpaired) electrons. The van der Waals surface area contributed by atoms with Gasteiger partial charge >= 0.3 is 0 Å². The van der Waals surface area contributed by atoms with E-state index in [1.807, 2.05) is 0 Å². The van der Waals surface area contributed by atoms with Crippen LogP contribution >= 0.6 is 24.8 Å². The molecular formula is C6H15Cl2N3O. The van der Waals surface area contributed by atoms with Gasteiger partial charge in [0.1, 0.15) is 7.11 Å². The molecule has 4 nitrogen and oxygen atoms in total. The van der Waals surface area contributed by atoms with Crippen LogP contribution in [0.4, 0.5) is 0 Å². The Hall–Kier alpha value is -0.0300. The second-order valence-corrected chi connectivity index (χ2v) is 2.33. The molecule has 1 fully saturated rings. The Balaban J connectivity index is 0. The van der Waals surface area contributed by atoms with Crippen LogP contribution in [0.2, 0.25) is 0 Å². The van der Waals surface area contributed by atoms with Gasteiger partial charge in [-0.1, -0.05) is 5.16 Å². The van der Waals surface area contributed by atoms with E-state index >= 15 is 0 Å². The lowest BCUT2D eigenvalue weighted by Crippen LogP contribution is -2.22. The Kier molecular flexibility index (Phi) is 9.19. The minimum atomic E-state index is 0. The van der Waals surface area contributed by atoms with E-state index in [1.54, 1.807) is 7.11 Å². The summed E-state index contributed by atoms with van der Waals surface area (Å²) in [5, 5.41) is 7.02. The molecule has 1 aliphatic rings. The third-order valence-electron chi connectivity index (χ3n) is 1.66. The van der Waals surface area contributed by atoms with Crippen LogP contribution in [-0.4, -0.2) is 32.5 Å². The van der Waals surface area contributed by atoms with Crippen molar-refractivity contribution >= 4 is 30.5 Å². The second-order valence-electron chi connectivity index (χ2n) is 2.33. The molecule has 0 bridgehead atoms. The van der Waals surface area contributed by atoms with Crippen molar-refractivity contribution in [2.24, 2.45) is 16.8 Å². The number of nitrogens with zero attached hydrogens (tertiary/aromatic N) is 1. The maximum Gasteiger partial charge on any atom is 0.106 e. The lowest BCUT2D eigenvalue weighted by Gasteiger charge is -2.03. The zero-order chi connectivity index (χ0) is 7.40. The van der Waals surface area contributed by atoms with E-state index in [0.717, 1.165) is 18.8 Å². The monoisotopic (exact) mass is 215 g/mol. The maximum absolute atomic E-state index is 5.48. The summed E-state index contributed by atoms with van der Waals surface area (Å²) in [7, 11) is 1.55. The number of rotatable bonds is 2. The van der Waals surface area contributed by atoms with Crippen LogP contribution in [0.3, 0.4) is 0 Å². The molecule has 74 valence electrons. The van der Waals surface area contributed by atoms with E-state index in [-0.39, 0.29) is 24.8 Å². The molecule has 0 amide bonds. The molecule has 0 aromatic heterocycles. The molecule has 12 heavy (non-hydrogen) atoms. The van der Waals surface area contributed by atoms with Crippen LogP contribution in [-0.2, 0) is 4.84 Å². The first-order valence-corrected chi connectivity index (χ1v) is 3.39. The Morgan fingerprint density at radius 3 is 2.83 bits per heavy atom. The van der Waals surface area contributed by atoms with Gasteiger partial charge in [-0.15, -0.1) is 24.8 Å². The summed E-state index contributed by atoms with van der Waals surface area (Å²) >= 11 is 0. The Morgan fingerprint density at radius 2 is 2.33 bits per heavy atom. The molecule has 6 heteroatoms. The van der Waals surface area contributed by atoms with Gasteiger partial charge in [-0.05, 0) is 0 Å². The number of halogens is 2. The van der Waals surface area contributed by atoms with Crippen molar-refractivity contribution in [1.82, 2.24) is 5.32 Å². The normalized spacial score (nSPS) is 24.5. The van der Waals surface area contributed by atoms with Gasteiger partial charge in [0, 0.05) is 25.6 Å². The van der Waals surface area contributed by atoms with E-state index in [4.69, 9.17) is 5.73 Å². The minimum absolute atomic E-state index is 0. The summed E-state index contributed by atoms with van der Waals surface area (Å²) in [5.41, 5.74) is 6.51. The van der Waals surface area contributed by atoms with Crippen molar-refractivity contribution < 1.29 is 4.84 Å². The summed E-state index contributed by atoms with van der Waals surface area (Å²) in [5.74, 6) is 0.375. The molecular weight excluding hydrogens is 201 g/mol. The molecule has 1 aliphatic heterocycles. The largest absolute Gasteiger partial charge is 0.399 e. The van der Waals surface area contributed by atoms with Gasteiger partial charge in [-0.2, -0.15) is 0 Å². The molecule has 1 atom stereocenters. The van der Waals surface area contributed by atoms with E-state index < -0.39 is 0 Å². The van der Waals surface area contributed by atoms with E-state index in [2.05, 4.69) is 15.3 Å². The first-order chi connectivity index (χ1) is 4.88. The molecule has 1 saturated heterocycles. The van der Waals surface area contributed by atoms with Gasteiger partial charge in [-0.3, -0.25) is 0 Å². The number of hydrogen-bond donors (Lipinski definition) is 2. The smallest absolute Gasteiger partial charge is 0.106 e.